The Hall–Kier alpha value is -1.11. The van der Waals surface area contributed by atoms with Gasteiger partial charge < -0.3 is 5.73 Å². The quantitative estimate of drug-likeness (QED) is 0.844. The molecule has 1 saturated heterocycles. The molecule has 0 aliphatic carbocycles. The Labute approximate surface area is 129 Å². The van der Waals surface area contributed by atoms with Gasteiger partial charge in [0.05, 0.1) is 11.0 Å². The van der Waals surface area contributed by atoms with Gasteiger partial charge in [-0.3, -0.25) is 9.80 Å². The summed E-state index contributed by atoms with van der Waals surface area (Å²) in [5, 5.41) is 0. The summed E-state index contributed by atoms with van der Waals surface area (Å²) in [4.78, 5) is 5.08. The van der Waals surface area contributed by atoms with E-state index in [-0.39, 0.29) is 6.04 Å². The number of thiocarbonyl (C=S) groups is 1. The normalized spacial score (nSPS) is 18.6. The molecule has 2 rings (SSSR count). The minimum Gasteiger partial charge on any atom is -0.392 e. The second-order valence-corrected chi connectivity index (χ2v) is 5.86. The second-order valence-electron chi connectivity index (χ2n) is 5.39. The van der Waals surface area contributed by atoms with Crippen molar-refractivity contribution >= 4 is 17.2 Å². The molecule has 6 heteroatoms. The molecule has 0 saturated carbocycles. The van der Waals surface area contributed by atoms with Crippen LogP contribution in [-0.2, 0) is 6.54 Å². The standard InChI is InChI=1S/C15H21F2N3S/c1-2-14(15(18)21)20-7-5-19(6-8-20)10-11-3-4-12(16)13(17)9-11/h3-4,9,14H,2,5-8,10H2,1H3,(H2,18,21). The number of benzene rings is 1. The summed E-state index contributed by atoms with van der Waals surface area (Å²) in [6.07, 6.45) is 0.915. The zero-order valence-electron chi connectivity index (χ0n) is 12.2. The number of hydrogen-bond acceptors (Lipinski definition) is 3. The summed E-state index contributed by atoms with van der Waals surface area (Å²) in [5.74, 6) is -1.59. The largest absolute Gasteiger partial charge is 0.392 e. The highest BCUT2D eigenvalue weighted by Crippen LogP contribution is 2.14. The van der Waals surface area contributed by atoms with E-state index in [4.69, 9.17) is 18.0 Å². The Morgan fingerprint density at radius 2 is 1.90 bits per heavy atom. The van der Waals surface area contributed by atoms with Gasteiger partial charge in [-0.25, -0.2) is 8.78 Å². The molecule has 1 aromatic rings. The number of piperazine rings is 1. The van der Waals surface area contributed by atoms with E-state index < -0.39 is 11.6 Å². The third-order valence-electron chi connectivity index (χ3n) is 3.95. The molecule has 0 bridgehead atoms. The van der Waals surface area contributed by atoms with Crippen LogP contribution in [0.4, 0.5) is 8.78 Å². The van der Waals surface area contributed by atoms with Gasteiger partial charge in [-0.05, 0) is 24.1 Å². The molecule has 1 fully saturated rings. The van der Waals surface area contributed by atoms with Crippen molar-refractivity contribution in [2.24, 2.45) is 5.73 Å². The van der Waals surface area contributed by atoms with Crippen molar-refractivity contribution in [2.45, 2.75) is 25.9 Å². The summed E-state index contributed by atoms with van der Waals surface area (Å²) >= 11 is 5.10. The van der Waals surface area contributed by atoms with Gasteiger partial charge in [0.25, 0.3) is 0 Å². The molecule has 0 spiro atoms. The lowest BCUT2D eigenvalue weighted by Crippen LogP contribution is -2.53. The van der Waals surface area contributed by atoms with E-state index in [2.05, 4.69) is 16.7 Å². The van der Waals surface area contributed by atoms with Gasteiger partial charge in [0.1, 0.15) is 0 Å². The van der Waals surface area contributed by atoms with Crippen molar-refractivity contribution in [3.8, 4) is 0 Å². The zero-order chi connectivity index (χ0) is 15.4. The SMILES string of the molecule is CCC(C(N)=S)N1CCN(Cc2ccc(F)c(F)c2)CC1. The summed E-state index contributed by atoms with van der Waals surface area (Å²) < 4.78 is 26.1. The van der Waals surface area contributed by atoms with Crippen molar-refractivity contribution in [1.29, 1.82) is 0 Å². The van der Waals surface area contributed by atoms with Crippen LogP contribution < -0.4 is 5.73 Å². The van der Waals surface area contributed by atoms with Crippen LogP contribution in [0.15, 0.2) is 18.2 Å². The highest BCUT2D eigenvalue weighted by molar-refractivity contribution is 7.80. The van der Waals surface area contributed by atoms with Gasteiger partial charge in [-0.15, -0.1) is 0 Å². The maximum atomic E-state index is 13.2. The van der Waals surface area contributed by atoms with Crippen molar-refractivity contribution in [3.05, 3.63) is 35.4 Å². The number of halogens is 2. The van der Waals surface area contributed by atoms with Gasteiger partial charge >= 0.3 is 0 Å². The molecule has 1 aromatic carbocycles. The lowest BCUT2D eigenvalue weighted by atomic mass is 10.1. The van der Waals surface area contributed by atoms with Crippen LogP contribution >= 0.6 is 12.2 Å². The van der Waals surface area contributed by atoms with Crippen LogP contribution in [0.2, 0.25) is 0 Å². The maximum Gasteiger partial charge on any atom is 0.159 e. The van der Waals surface area contributed by atoms with Crippen molar-refractivity contribution in [3.63, 3.8) is 0 Å². The third-order valence-corrected chi connectivity index (χ3v) is 4.23. The highest BCUT2D eigenvalue weighted by Gasteiger charge is 2.24. The van der Waals surface area contributed by atoms with E-state index in [1.807, 2.05) is 0 Å². The fourth-order valence-electron chi connectivity index (χ4n) is 2.77. The molecule has 1 heterocycles. The Morgan fingerprint density at radius 1 is 1.24 bits per heavy atom. The van der Waals surface area contributed by atoms with Crippen LogP contribution in [0.3, 0.4) is 0 Å². The molecule has 0 aromatic heterocycles. The minimum absolute atomic E-state index is 0.158. The summed E-state index contributed by atoms with van der Waals surface area (Å²) in [7, 11) is 0. The van der Waals surface area contributed by atoms with Crippen LogP contribution in [0.25, 0.3) is 0 Å². The van der Waals surface area contributed by atoms with Crippen LogP contribution in [0.5, 0.6) is 0 Å². The molecule has 1 aliphatic heterocycles. The van der Waals surface area contributed by atoms with E-state index in [1.165, 1.54) is 12.1 Å². The fraction of sp³-hybridized carbons (Fsp3) is 0.533. The second kappa shape index (κ2) is 7.24. The van der Waals surface area contributed by atoms with Crippen molar-refractivity contribution < 1.29 is 8.78 Å². The van der Waals surface area contributed by atoms with Gasteiger partial charge in [0.15, 0.2) is 11.6 Å². The molecule has 21 heavy (non-hydrogen) atoms. The Morgan fingerprint density at radius 3 is 2.43 bits per heavy atom. The van der Waals surface area contributed by atoms with Crippen LogP contribution in [-0.4, -0.2) is 47.0 Å². The van der Waals surface area contributed by atoms with Crippen molar-refractivity contribution in [1.82, 2.24) is 9.80 Å². The first-order chi connectivity index (χ1) is 10.0. The molecule has 3 nitrogen and oxygen atoms in total. The fourth-order valence-corrected chi connectivity index (χ4v) is 3.08. The maximum absolute atomic E-state index is 13.2. The summed E-state index contributed by atoms with van der Waals surface area (Å²) in [6, 6.07) is 4.24. The molecule has 0 amide bonds. The van der Waals surface area contributed by atoms with Gasteiger partial charge in [-0.1, -0.05) is 25.2 Å². The monoisotopic (exact) mass is 313 g/mol. The Kier molecular flexibility index (Phi) is 5.61. The predicted octanol–water partition coefficient (Wildman–Crippen LogP) is 2.15. The van der Waals surface area contributed by atoms with Gasteiger partial charge in [0.2, 0.25) is 0 Å². The number of nitrogens with zero attached hydrogens (tertiary/aromatic N) is 2. The number of hydrogen-bond donors (Lipinski definition) is 1. The summed E-state index contributed by atoms with van der Waals surface area (Å²) in [5.41, 5.74) is 6.56. The van der Waals surface area contributed by atoms with E-state index >= 15 is 0 Å². The van der Waals surface area contributed by atoms with Gasteiger partial charge in [0, 0.05) is 32.7 Å². The third kappa shape index (κ3) is 4.18. The molecule has 116 valence electrons. The van der Waals surface area contributed by atoms with E-state index in [9.17, 15) is 8.78 Å². The Bertz CT molecular complexity index is 502. The summed E-state index contributed by atoms with van der Waals surface area (Å²) in [6.45, 7) is 6.24. The first-order valence-corrected chi connectivity index (χ1v) is 7.61. The van der Waals surface area contributed by atoms with Crippen LogP contribution in [0.1, 0.15) is 18.9 Å². The molecule has 0 radical (unpaired) electrons. The topological polar surface area (TPSA) is 32.5 Å². The minimum atomic E-state index is -0.800. The molecule has 2 N–H and O–H groups in total. The molecular weight excluding hydrogens is 292 g/mol. The number of nitrogens with two attached hydrogens (primary N) is 1. The number of rotatable bonds is 5. The zero-order valence-corrected chi connectivity index (χ0v) is 13.0. The van der Waals surface area contributed by atoms with E-state index in [1.54, 1.807) is 6.07 Å². The lowest BCUT2D eigenvalue weighted by Gasteiger charge is -2.38. The predicted molar refractivity (Wildman–Crippen MR) is 84.1 cm³/mol. The average Bonchev–Trinajstić information content (AvgIpc) is 2.45. The molecular formula is C15H21F2N3S. The smallest absolute Gasteiger partial charge is 0.159 e. The average molecular weight is 313 g/mol. The van der Waals surface area contributed by atoms with Gasteiger partial charge in [-0.2, -0.15) is 0 Å². The van der Waals surface area contributed by atoms with E-state index in [0.29, 0.717) is 11.5 Å². The molecule has 1 atom stereocenters. The lowest BCUT2D eigenvalue weighted by molar-refractivity contribution is 0.111. The van der Waals surface area contributed by atoms with E-state index in [0.717, 1.165) is 38.2 Å². The highest BCUT2D eigenvalue weighted by atomic mass is 32.1. The first-order valence-electron chi connectivity index (χ1n) is 7.21. The molecule has 1 unspecified atom stereocenters. The Balaban J connectivity index is 1.89. The molecule has 1 aliphatic rings. The van der Waals surface area contributed by atoms with Crippen molar-refractivity contribution in [2.75, 3.05) is 26.2 Å². The van der Waals surface area contributed by atoms with Crippen LogP contribution in [0, 0.1) is 11.6 Å². The first kappa shape index (κ1) is 16.3.